The molecule has 0 aromatic rings. The van der Waals surface area contributed by atoms with E-state index in [0.29, 0.717) is 6.23 Å². The van der Waals surface area contributed by atoms with Gasteiger partial charge < -0.3 is 23.9 Å². The first-order valence-electron chi connectivity index (χ1n) is 10.5. The van der Waals surface area contributed by atoms with Crippen molar-refractivity contribution < 1.29 is 23.9 Å². The highest BCUT2D eigenvalue weighted by Crippen LogP contribution is 2.00. The molecule has 0 spiro atoms. The van der Waals surface area contributed by atoms with Gasteiger partial charge in [0.15, 0.2) is 25.0 Å². The predicted molar refractivity (Wildman–Crippen MR) is 153 cm³/mol. The summed E-state index contributed by atoms with van der Waals surface area (Å²) >= 11 is 0. The SMILES string of the molecule is C=C.CC[Si](C)(C)O.COC[Si](C)(C)O.C[Si](C)(C)C.C[Si](C)(C)O.C[Si](C)(C)O. The minimum atomic E-state index is -1.88. The molecule has 0 aliphatic heterocycles. The Balaban J connectivity index is -0.0000000591. The molecular formula is C20H60O5Si5. The summed E-state index contributed by atoms with van der Waals surface area (Å²) < 4.78 is 4.72. The Labute approximate surface area is 196 Å². The smallest absolute Gasteiger partial charge is 0.207 e. The van der Waals surface area contributed by atoms with Crippen molar-refractivity contribution in [3.63, 3.8) is 0 Å². The molecule has 0 saturated carbocycles. The van der Waals surface area contributed by atoms with Crippen molar-refractivity contribution >= 4 is 41.3 Å². The second kappa shape index (κ2) is 21.5. The van der Waals surface area contributed by atoms with Crippen molar-refractivity contribution in [2.75, 3.05) is 13.3 Å². The van der Waals surface area contributed by atoms with E-state index in [2.05, 4.69) is 39.3 Å². The van der Waals surface area contributed by atoms with E-state index in [1.165, 1.54) is 0 Å². The maximum Gasteiger partial charge on any atom is 0.207 e. The van der Waals surface area contributed by atoms with Gasteiger partial charge in [0, 0.05) is 15.2 Å². The van der Waals surface area contributed by atoms with E-state index < -0.39 is 41.3 Å². The van der Waals surface area contributed by atoms with Crippen LogP contribution in [0, 0.1) is 0 Å². The molecule has 4 N–H and O–H groups in total. The van der Waals surface area contributed by atoms with E-state index in [1.807, 2.05) is 72.4 Å². The Hall–Kier alpha value is 0.624. The lowest BCUT2D eigenvalue weighted by atomic mass is 11.0. The number of hydrogen-bond acceptors (Lipinski definition) is 5. The van der Waals surface area contributed by atoms with Gasteiger partial charge in [0.1, 0.15) is 0 Å². The monoisotopic (exact) mass is 520 g/mol. The Morgan fingerprint density at radius 2 is 0.700 bits per heavy atom. The lowest BCUT2D eigenvalue weighted by Gasteiger charge is -2.10. The first-order valence-corrected chi connectivity index (χ1v) is 27.7. The van der Waals surface area contributed by atoms with Crippen molar-refractivity contribution in [1.29, 1.82) is 0 Å². The van der Waals surface area contributed by atoms with E-state index in [1.54, 1.807) is 7.11 Å². The summed E-state index contributed by atoms with van der Waals surface area (Å²) in [4.78, 5) is 35.3. The van der Waals surface area contributed by atoms with Gasteiger partial charge in [-0.25, -0.2) is 0 Å². The molecule has 0 aromatic heterocycles. The molecule has 0 fully saturated rings. The van der Waals surface area contributed by atoms with Gasteiger partial charge >= 0.3 is 0 Å². The molecule has 0 radical (unpaired) electrons. The molecule has 5 nitrogen and oxygen atoms in total. The van der Waals surface area contributed by atoms with Crippen molar-refractivity contribution in [2.45, 2.75) is 105 Å². The summed E-state index contributed by atoms with van der Waals surface area (Å²) in [5.74, 6) is 0. The highest BCUT2D eigenvalue weighted by Gasteiger charge is 2.14. The topological polar surface area (TPSA) is 90.2 Å². The van der Waals surface area contributed by atoms with Gasteiger partial charge in [0.25, 0.3) is 0 Å². The van der Waals surface area contributed by atoms with Gasteiger partial charge in [0.05, 0.1) is 6.23 Å². The Kier molecular flexibility index (Phi) is 31.7. The third kappa shape index (κ3) is 376. The average Bonchev–Trinajstić information content (AvgIpc) is 2.33. The van der Waals surface area contributed by atoms with Crippen molar-refractivity contribution in [3.8, 4) is 0 Å². The Bertz CT molecular complexity index is 289. The summed E-state index contributed by atoms with van der Waals surface area (Å²) in [6, 6.07) is 0.965. The molecule has 0 aliphatic carbocycles. The van der Waals surface area contributed by atoms with E-state index >= 15 is 0 Å². The van der Waals surface area contributed by atoms with Gasteiger partial charge in [-0.05, 0) is 71.5 Å². The van der Waals surface area contributed by atoms with Crippen LogP contribution in [-0.2, 0) is 4.74 Å². The average molecular weight is 521 g/mol. The Morgan fingerprint density at radius 1 is 0.567 bits per heavy atom. The molecule has 0 bridgehead atoms. The van der Waals surface area contributed by atoms with Gasteiger partial charge in [0.2, 0.25) is 8.32 Å². The first-order chi connectivity index (χ1) is 12.6. The largest absolute Gasteiger partial charge is 0.433 e. The standard InChI is InChI=1S/C4H12O2Si.C4H12OSi.C4H12Si.2C3H10OSi.C2H4/c1-6-4-7(2,3)5;1-4-6(2,3)5;3*1-5(2,3)4;1-2/h5H,4H2,1-3H3;5H,4H2,1-3H3;1-4H3;2*4H,1-3H3;1-2H2. The zero-order chi connectivity index (χ0) is 26.6. The van der Waals surface area contributed by atoms with Crippen LogP contribution in [0.5, 0.6) is 0 Å². The molecule has 0 saturated heterocycles. The van der Waals surface area contributed by atoms with Crippen LogP contribution in [-0.4, -0.2) is 73.9 Å². The number of rotatable bonds is 3. The number of ether oxygens (including phenoxy) is 1. The maximum atomic E-state index is 9.03. The van der Waals surface area contributed by atoms with Crippen LogP contribution < -0.4 is 0 Å². The number of methoxy groups -OCH3 is 1. The van der Waals surface area contributed by atoms with Crippen molar-refractivity contribution in [2.24, 2.45) is 0 Å². The quantitative estimate of drug-likeness (QED) is 0.272. The van der Waals surface area contributed by atoms with Crippen LogP contribution >= 0.6 is 0 Å². The first kappa shape index (κ1) is 44.3. The molecule has 30 heavy (non-hydrogen) atoms. The van der Waals surface area contributed by atoms with Gasteiger partial charge in [-0.1, -0.05) is 33.1 Å². The normalized spacial score (nSPS) is 11.3. The van der Waals surface area contributed by atoms with Crippen LogP contribution in [0.3, 0.4) is 0 Å². The van der Waals surface area contributed by atoms with Crippen LogP contribution in [0.2, 0.25) is 97.7 Å². The van der Waals surface area contributed by atoms with Crippen molar-refractivity contribution in [1.82, 2.24) is 0 Å². The van der Waals surface area contributed by atoms with E-state index in [0.717, 1.165) is 6.04 Å². The van der Waals surface area contributed by atoms with E-state index in [9.17, 15) is 0 Å². The fourth-order valence-electron chi connectivity index (χ4n) is 0.353. The lowest BCUT2D eigenvalue weighted by Crippen LogP contribution is -2.31. The molecule has 0 amide bonds. The number of hydrogen-bond donors (Lipinski definition) is 4. The second-order valence-electron chi connectivity index (χ2n) is 11.8. The zero-order valence-corrected chi connectivity index (χ0v) is 28.5. The molecular weight excluding hydrogens is 461 g/mol. The minimum absolute atomic E-state index is 0.535. The summed E-state index contributed by atoms with van der Waals surface area (Å²) in [6.45, 7) is 36.2. The Morgan fingerprint density at radius 3 is 0.700 bits per heavy atom. The summed E-state index contributed by atoms with van der Waals surface area (Å²) in [5.41, 5.74) is 0. The zero-order valence-electron chi connectivity index (χ0n) is 23.5. The van der Waals surface area contributed by atoms with Crippen LogP contribution in [0.4, 0.5) is 0 Å². The molecule has 190 valence electrons. The molecule has 0 aromatic carbocycles. The molecule has 0 heterocycles. The fraction of sp³-hybridized carbons (Fsp3) is 0.900. The fourth-order valence-corrected chi connectivity index (χ4v) is 1.06. The van der Waals surface area contributed by atoms with Gasteiger partial charge in [-0.2, -0.15) is 0 Å². The second-order valence-corrected chi connectivity index (χ2v) is 34.7. The lowest BCUT2D eigenvalue weighted by molar-refractivity contribution is 0.232. The summed E-state index contributed by atoms with van der Waals surface area (Å²) in [6.07, 6.45) is 0.535. The highest BCUT2D eigenvalue weighted by atomic mass is 28.4. The van der Waals surface area contributed by atoms with Crippen LogP contribution in [0.15, 0.2) is 13.2 Å². The summed E-state index contributed by atoms with van der Waals surface area (Å²) in [7, 11) is -5.74. The predicted octanol–water partition coefficient (Wildman–Crippen LogP) is 5.96. The van der Waals surface area contributed by atoms with Gasteiger partial charge in [-0.15, -0.1) is 13.2 Å². The minimum Gasteiger partial charge on any atom is -0.433 e. The molecule has 0 rings (SSSR count). The van der Waals surface area contributed by atoms with Gasteiger partial charge in [-0.3, -0.25) is 0 Å². The molecule has 0 atom stereocenters. The summed E-state index contributed by atoms with van der Waals surface area (Å²) in [5, 5.41) is 0. The molecule has 0 unspecified atom stereocenters. The van der Waals surface area contributed by atoms with Crippen LogP contribution in [0.25, 0.3) is 0 Å². The third-order valence-electron chi connectivity index (χ3n) is 1.36. The molecule has 10 heteroatoms. The third-order valence-corrected chi connectivity index (χ3v) is 4.09. The maximum absolute atomic E-state index is 9.03. The van der Waals surface area contributed by atoms with E-state index in [4.69, 9.17) is 23.9 Å². The highest BCUT2D eigenvalue weighted by molar-refractivity contribution is 6.74. The van der Waals surface area contributed by atoms with Crippen LogP contribution in [0.1, 0.15) is 6.92 Å². The van der Waals surface area contributed by atoms with E-state index in [-0.39, 0.29) is 0 Å². The van der Waals surface area contributed by atoms with Crippen molar-refractivity contribution in [3.05, 3.63) is 13.2 Å². The molecule has 0 aliphatic rings.